The minimum Gasteiger partial charge on any atom is -0.444 e. The van der Waals surface area contributed by atoms with E-state index in [1.807, 2.05) is 13.8 Å². The molecule has 0 spiro atoms. The van der Waals surface area contributed by atoms with E-state index < -0.39 is 27.1 Å². The number of nitrogens with zero attached hydrogens (tertiary/aromatic N) is 1. The van der Waals surface area contributed by atoms with E-state index in [2.05, 4.69) is 20.9 Å². The zero-order valence-electron chi connectivity index (χ0n) is 15.8. The largest absolute Gasteiger partial charge is 0.444 e. The quantitative estimate of drug-likeness (QED) is 0.352. The Labute approximate surface area is 145 Å². The summed E-state index contributed by atoms with van der Waals surface area (Å²) >= 11 is 0. The molecule has 0 saturated carbocycles. The third-order valence-corrected chi connectivity index (χ3v) is 3.78. The van der Waals surface area contributed by atoms with Gasteiger partial charge in [0.25, 0.3) is 0 Å². The molecule has 1 amide bonds. The number of aliphatic imine (C=N–C) groups is 1. The maximum absolute atomic E-state index is 11.8. The topological polar surface area (TPSA) is 109 Å². The predicted molar refractivity (Wildman–Crippen MR) is 97.1 cm³/mol. The van der Waals surface area contributed by atoms with Gasteiger partial charge in [-0.1, -0.05) is 0 Å². The average molecular weight is 365 g/mol. The van der Waals surface area contributed by atoms with Gasteiger partial charge in [0.15, 0.2) is 5.96 Å². The number of sulfone groups is 1. The lowest BCUT2D eigenvalue weighted by Gasteiger charge is -2.29. The minimum absolute atomic E-state index is 0.128. The maximum Gasteiger partial charge on any atom is 0.408 e. The summed E-state index contributed by atoms with van der Waals surface area (Å²) in [5.74, 6) is 0.672. The Hall–Kier alpha value is -1.51. The van der Waals surface area contributed by atoms with Gasteiger partial charge in [0.1, 0.15) is 15.4 Å². The summed E-state index contributed by atoms with van der Waals surface area (Å²) in [5.41, 5.74) is -1.10. The highest BCUT2D eigenvalue weighted by Gasteiger charge is 2.24. The van der Waals surface area contributed by atoms with E-state index in [0.717, 1.165) is 0 Å². The molecule has 0 fully saturated rings. The molecule has 0 aromatic carbocycles. The molecule has 9 heteroatoms. The van der Waals surface area contributed by atoms with Crippen LogP contribution in [0.25, 0.3) is 0 Å². The number of carbonyl (C=O) groups excluding carboxylic acids is 1. The zero-order chi connectivity index (χ0) is 19.0. The van der Waals surface area contributed by atoms with Crippen molar-refractivity contribution in [2.75, 3.05) is 32.1 Å². The van der Waals surface area contributed by atoms with Crippen molar-refractivity contribution in [1.82, 2.24) is 16.0 Å². The molecular formula is C15H32N4O4S. The number of alkyl carbamates (subject to hydrolysis) is 1. The third kappa shape index (κ3) is 13.0. The predicted octanol–water partition coefficient (Wildman–Crippen LogP) is 0.889. The van der Waals surface area contributed by atoms with Gasteiger partial charge < -0.3 is 20.7 Å². The molecular weight excluding hydrogens is 332 g/mol. The first-order valence-electron chi connectivity index (χ1n) is 7.87. The number of hydrogen-bond donors (Lipinski definition) is 3. The molecule has 3 N–H and O–H groups in total. The summed E-state index contributed by atoms with van der Waals surface area (Å²) in [6.45, 7) is 10.1. The van der Waals surface area contributed by atoms with Crippen LogP contribution in [0.1, 0.15) is 41.0 Å². The SMILES string of the molecule is CN=C(NCCCS(C)(=O)=O)NCC(C)(C)NC(=O)OC(C)(C)C. The van der Waals surface area contributed by atoms with Gasteiger partial charge in [-0.25, -0.2) is 13.2 Å². The number of ether oxygens (including phenoxy) is 1. The van der Waals surface area contributed by atoms with Crippen LogP contribution in [0.4, 0.5) is 4.79 Å². The fourth-order valence-corrected chi connectivity index (χ4v) is 2.36. The molecule has 142 valence electrons. The first kappa shape index (κ1) is 22.5. The van der Waals surface area contributed by atoms with Gasteiger partial charge in [0.2, 0.25) is 0 Å². The highest BCUT2D eigenvalue weighted by molar-refractivity contribution is 7.90. The molecule has 0 rings (SSSR count). The van der Waals surface area contributed by atoms with Crippen LogP contribution >= 0.6 is 0 Å². The average Bonchev–Trinajstić information content (AvgIpc) is 2.33. The first-order valence-corrected chi connectivity index (χ1v) is 9.93. The van der Waals surface area contributed by atoms with Crippen LogP contribution in [0.15, 0.2) is 4.99 Å². The van der Waals surface area contributed by atoms with Crippen LogP contribution in [-0.4, -0.2) is 63.8 Å². The molecule has 0 unspecified atom stereocenters. The summed E-state index contributed by atoms with van der Waals surface area (Å²) in [6, 6.07) is 0. The molecule has 0 aliphatic carbocycles. The molecule has 0 aliphatic heterocycles. The van der Waals surface area contributed by atoms with Crippen molar-refractivity contribution < 1.29 is 17.9 Å². The second kappa shape index (κ2) is 9.10. The zero-order valence-corrected chi connectivity index (χ0v) is 16.6. The molecule has 0 heterocycles. The lowest BCUT2D eigenvalue weighted by atomic mass is 10.1. The fourth-order valence-electron chi connectivity index (χ4n) is 1.69. The van der Waals surface area contributed by atoms with Crippen molar-refractivity contribution >= 4 is 21.9 Å². The number of nitrogens with one attached hydrogen (secondary N) is 3. The summed E-state index contributed by atoms with van der Waals surface area (Å²) in [7, 11) is -1.33. The van der Waals surface area contributed by atoms with E-state index in [-0.39, 0.29) is 5.75 Å². The number of rotatable bonds is 7. The number of hydrogen-bond acceptors (Lipinski definition) is 5. The van der Waals surface area contributed by atoms with Gasteiger partial charge in [0, 0.05) is 26.4 Å². The Morgan fingerprint density at radius 1 is 1.12 bits per heavy atom. The molecule has 0 radical (unpaired) electrons. The van der Waals surface area contributed by atoms with Gasteiger partial charge in [0.05, 0.1) is 11.3 Å². The first-order chi connectivity index (χ1) is 10.7. The van der Waals surface area contributed by atoms with Crippen molar-refractivity contribution in [3.8, 4) is 0 Å². The standard InChI is InChI=1S/C15H32N4O4S/c1-14(2,3)23-13(20)19-15(4,5)11-18-12(16-6)17-9-8-10-24(7,21)22/h8-11H2,1-7H3,(H,19,20)(H2,16,17,18). The van der Waals surface area contributed by atoms with Crippen molar-refractivity contribution in [3.05, 3.63) is 0 Å². The highest BCUT2D eigenvalue weighted by Crippen LogP contribution is 2.09. The van der Waals surface area contributed by atoms with Gasteiger partial charge in [-0.3, -0.25) is 4.99 Å². The van der Waals surface area contributed by atoms with Crippen LogP contribution in [0, 0.1) is 0 Å². The van der Waals surface area contributed by atoms with Gasteiger partial charge in [-0.2, -0.15) is 0 Å². The summed E-state index contributed by atoms with van der Waals surface area (Å²) in [4.78, 5) is 15.9. The number of guanidine groups is 1. The third-order valence-electron chi connectivity index (χ3n) is 2.75. The number of amides is 1. The van der Waals surface area contributed by atoms with Crippen molar-refractivity contribution in [1.29, 1.82) is 0 Å². The van der Waals surface area contributed by atoms with Crippen molar-refractivity contribution in [2.45, 2.75) is 52.2 Å². The van der Waals surface area contributed by atoms with E-state index in [0.29, 0.717) is 25.5 Å². The normalized spacial score (nSPS) is 13.4. The molecule has 0 saturated heterocycles. The Morgan fingerprint density at radius 3 is 2.17 bits per heavy atom. The Balaban J connectivity index is 4.28. The van der Waals surface area contributed by atoms with Crippen molar-refractivity contribution in [2.24, 2.45) is 4.99 Å². The second-order valence-corrected chi connectivity index (χ2v) is 9.61. The minimum atomic E-state index is -2.95. The van der Waals surface area contributed by atoms with Crippen molar-refractivity contribution in [3.63, 3.8) is 0 Å². The van der Waals surface area contributed by atoms with Crippen LogP contribution in [-0.2, 0) is 14.6 Å². The van der Waals surface area contributed by atoms with Crippen LogP contribution in [0.5, 0.6) is 0 Å². The summed E-state index contributed by atoms with van der Waals surface area (Å²) in [5, 5.41) is 8.93. The molecule has 24 heavy (non-hydrogen) atoms. The summed E-state index contributed by atoms with van der Waals surface area (Å²) in [6.07, 6.45) is 1.23. The van der Waals surface area contributed by atoms with Crippen LogP contribution in [0.3, 0.4) is 0 Å². The van der Waals surface area contributed by atoms with E-state index in [4.69, 9.17) is 4.74 Å². The lowest BCUT2D eigenvalue weighted by Crippen LogP contribution is -2.54. The van der Waals surface area contributed by atoms with E-state index in [1.165, 1.54) is 6.26 Å². The van der Waals surface area contributed by atoms with E-state index in [9.17, 15) is 13.2 Å². The molecule has 0 aromatic rings. The fraction of sp³-hybridized carbons (Fsp3) is 0.867. The highest BCUT2D eigenvalue weighted by atomic mass is 32.2. The molecule has 0 aromatic heterocycles. The van der Waals surface area contributed by atoms with Gasteiger partial charge in [-0.15, -0.1) is 0 Å². The molecule has 8 nitrogen and oxygen atoms in total. The second-order valence-electron chi connectivity index (χ2n) is 7.35. The molecule has 0 atom stereocenters. The Kier molecular flexibility index (Phi) is 8.53. The van der Waals surface area contributed by atoms with Crippen LogP contribution < -0.4 is 16.0 Å². The number of carbonyl (C=O) groups is 1. The Bertz CT molecular complexity index is 536. The van der Waals surface area contributed by atoms with Gasteiger partial charge >= 0.3 is 6.09 Å². The van der Waals surface area contributed by atoms with E-state index in [1.54, 1.807) is 27.8 Å². The smallest absolute Gasteiger partial charge is 0.408 e. The molecule has 0 aliphatic rings. The van der Waals surface area contributed by atoms with Crippen LogP contribution in [0.2, 0.25) is 0 Å². The summed E-state index contributed by atoms with van der Waals surface area (Å²) < 4.78 is 27.4. The van der Waals surface area contributed by atoms with Gasteiger partial charge in [-0.05, 0) is 41.0 Å². The monoisotopic (exact) mass is 364 g/mol. The Morgan fingerprint density at radius 2 is 1.71 bits per heavy atom. The molecule has 0 bridgehead atoms. The lowest BCUT2D eigenvalue weighted by molar-refractivity contribution is 0.0474. The van der Waals surface area contributed by atoms with E-state index >= 15 is 0 Å². The maximum atomic E-state index is 11.8.